The molecule has 1 fully saturated rings. The fourth-order valence-electron chi connectivity index (χ4n) is 2.12. The van der Waals surface area contributed by atoms with E-state index in [1.54, 1.807) is 6.07 Å². The van der Waals surface area contributed by atoms with Gasteiger partial charge in [-0.15, -0.1) is 0 Å². The van der Waals surface area contributed by atoms with E-state index >= 15 is 0 Å². The zero-order valence-electron chi connectivity index (χ0n) is 8.97. The highest BCUT2D eigenvalue weighted by Gasteiger charge is 2.15. The van der Waals surface area contributed by atoms with Crippen molar-refractivity contribution in [1.82, 2.24) is 5.32 Å². The maximum Gasteiger partial charge on any atom is 0.170 e. The van der Waals surface area contributed by atoms with E-state index in [1.165, 1.54) is 18.9 Å². The van der Waals surface area contributed by atoms with Gasteiger partial charge in [0.1, 0.15) is 0 Å². The van der Waals surface area contributed by atoms with Gasteiger partial charge in [-0.2, -0.15) is 0 Å². The van der Waals surface area contributed by atoms with Gasteiger partial charge in [-0.3, -0.25) is 0 Å². The van der Waals surface area contributed by atoms with Gasteiger partial charge in [0, 0.05) is 6.04 Å². The number of piperidine rings is 1. The summed E-state index contributed by atoms with van der Waals surface area (Å²) in [6, 6.07) is 3.39. The smallest absolute Gasteiger partial charge is 0.170 e. The van der Waals surface area contributed by atoms with Crippen LogP contribution < -0.4 is 5.32 Å². The van der Waals surface area contributed by atoms with Gasteiger partial charge >= 0.3 is 0 Å². The number of benzene rings is 1. The van der Waals surface area contributed by atoms with E-state index in [0.29, 0.717) is 6.04 Å². The summed E-state index contributed by atoms with van der Waals surface area (Å²) in [7, 11) is 0. The fraction of sp³-hybridized carbons (Fsp3) is 0.500. The molecule has 0 bridgehead atoms. The van der Waals surface area contributed by atoms with E-state index < -0.39 is 11.6 Å². The molecule has 0 radical (unpaired) electrons. The van der Waals surface area contributed by atoms with Crippen LogP contribution in [0.3, 0.4) is 0 Å². The van der Waals surface area contributed by atoms with Crippen molar-refractivity contribution in [3.63, 3.8) is 0 Å². The predicted molar refractivity (Wildman–Crippen MR) is 62.4 cm³/mol. The molecule has 1 unspecified atom stereocenters. The van der Waals surface area contributed by atoms with E-state index in [-0.39, 0.29) is 5.02 Å². The molecule has 1 aliphatic rings. The van der Waals surface area contributed by atoms with Gasteiger partial charge in [-0.1, -0.05) is 18.0 Å². The Morgan fingerprint density at radius 1 is 1.44 bits per heavy atom. The normalized spacial score (nSPS) is 21.0. The minimum absolute atomic E-state index is 0.0887. The molecular weight excluding hydrogens is 229 g/mol. The topological polar surface area (TPSA) is 32.3 Å². The maximum atomic E-state index is 13.2. The monoisotopic (exact) mass is 243 g/mol. The molecule has 0 amide bonds. The Kier molecular flexibility index (Phi) is 3.66. The van der Waals surface area contributed by atoms with Crippen molar-refractivity contribution < 1.29 is 9.50 Å². The largest absolute Gasteiger partial charge is 0.504 e. The van der Waals surface area contributed by atoms with Crippen LogP contribution in [0.5, 0.6) is 5.75 Å². The molecule has 0 saturated carbocycles. The van der Waals surface area contributed by atoms with Crippen molar-refractivity contribution >= 4 is 11.6 Å². The summed E-state index contributed by atoms with van der Waals surface area (Å²) >= 11 is 5.73. The Labute approximate surface area is 99.4 Å². The highest BCUT2D eigenvalue weighted by atomic mass is 35.5. The van der Waals surface area contributed by atoms with Crippen molar-refractivity contribution in [2.24, 2.45) is 0 Å². The second-order valence-corrected chi connectivity index (χ2v) is 4.67. The third kappa shape index (κ3) is 2.66. The van der Waals surface area contributed by atoms with Gasteiger partial charge in [-0.05, 0) is 43.5 Å². The molecule has 1 saturated heterocycles. The lowest BCUT2D eigenvalue weighted by Crippen LogP contribution is -2.35. The van der Waals surface area contributed by atoms with E-state index in [2.05, 4.69) is 5.32 Å². The molecule has 1 heterocycles. The summed E-state index contributed by atoms with van der Waals surface area (Å²) < 4.78 is 13.2. The van der Waals surface area contributed by atoms with Crippen molar-refractivity contribution in [1.29, 1.82) is 0 Å². The standard InChI is InChI=1S/C12H15ClFNO/c13-10-6-8(7-11(14)12(10)16)5-9-3-1-2-4-15-9/h6-7,9,15-16H,1-5H2. The van der Waals surface area contributed by atoms with E-state index in [4.69, 9.17) is 11.6 Å². The number of hydrogen-bond acceptors (Lipinski definition) is 2. The van der Waals surface area contributed by atoms with E-state index in [0.717, 1.165) is 24.9 Å². The highest BCUT2D eigenvalue weighted by Crippen LogP contribution is 2.28. The van der Waals surface area contributed by atoms with Gasteiger partial charge in [0.05, 0.1) is 5.02 Å². The van der Waals surface area contributed by atoms with E-state index in [1.807, 2.05) is 0 Å². The Hall–Kier alpha value is -0.800. The highest BCUT2D eigenvalue weighted by molar-refractivity contribution is 6.32. The molecule has 2 N–H and O–H groups in total. The van der Waals surface area contributed by atoms with Crippen LogP contribution in [0.2, 0.25) is 5.02 Å². The molecule has 16 heavy (non-hydrogen) atoms. The number of aromatic hydroxyl groups is 1. The summed E-state index contributed by atoms with van der Waals surface area (Å²) in [5.74, 6) is -1.10. The second kappa shape index (κ2) is 5.02. The zero-order chi connectivity index (χ0) is 11.5. The number of hydrogen-bond donors (Lipinski definition) is 2. The molecule has 1 atom stereocenters. The third-order valence-corrected chi connectivity index (χ3v) is 3.26. The molecule has 1 aliphatic heterocycles. The van der Waals surface area contributed by atoms with Crippen molar-refractivity contribution in [2.75, 3.05) is 6.54 Å². The number of halogens is 2. The van der Waals surface area contributed by atoms with Crippen LogP contribution in [-0.2, 0) is 6.42 Å². The summed E-state index contributed by atoms with van der Waals surface area (Å²) in [4.78, 5) is 0. The molecule has 88 valence electrons. The first-order chi connectivity index (χ1) is 7.66. The first-order valence-electron chi connectivity index (χ1n) is 5.57. The van der Waals surface area contributed by atoms with Crippen LogP contribution in [0.1, 0.15) is 24.8 Å². The van der Waals surface area contributed by atoms with Crippen LogP contribution in [0, 0.1) is 5.82 Å². The average molecular weight is 244 g/mol. The maximum absolute atomic E-state index is 13.2. The van der Waals surface area contributed by atoms with Crippen molar-refractivity contribution in [2.45, 2.75) is 31.7 Å². The predicted octanol–water partition coefficient (Wildman–Crippen LogP) is 2.87. The van der Waals surface area contributed by atoms with Gasteiger partial charge < -0.3 is 10.4 Å². The number of nitrogens with one attached hydrogen (secondary N) is 1. The van der Waals surface area contributed by atoms with Crippen LogP contribution in [0.25, 0.3) is 0 Å². The summed E-state index contributed by atoms with van der Waals surface area (Å²) in [5, 5.41) is 12.7. The van der Waals surface area contributed by atoms with Crippen LogP contribution in [0.15, 0.2) is 12.1 Å². The summed E-state index contributed by atoms with van der Waals surface area (Å²) in [6.07, 6.45) is 4.30. The zero-order valence-corrected chi connectivity index (χ0v) is 9.73. The van der Waals surface area contributed by atoms with Crippen LogP contribution in [-0.4, -0.2) is 17.7 Å². The Balaban J connectivity index is 2.09. The Morgan fingerprint density at radius 2 is 2.25 bits per heavy atom. The molecule has 0 spiro atoms. The SMILES string of the molecule is Oc1c(F)cc(CC2CCCCN2)cc1Cl. The Morgan fingerprint density at radius 3 is 2.88 bits per heavy atom. The summed E-state index contributed by atoms with van der Waals surface area (Å²) in [6.45, 7) is 1.03. The number of phenols is 1. The Bertz CT molecular complexity index is 354. The van der Waals surface area contributed by atoms with Crippen LogP contribution >= 0.6 is 11.6 Å². The third-order valence-electron chi connectivity index (χ3n) is 2.97. The first-order valence-corrected chi connectivity index (χ1v) is 5.95. The average Bonchev–Trinajstić information content (AvgIpc) is 2.27. The van der Waals surface area contributed by atoms with Gasteiger partial charge in [-0.25, -0.2) is 4.39 Å². The lowest BCUT2D eigenvalue weighted by atomic mass is 9.98. The van der Waals surface area contributed by atoms with Crippen molar-refractivity contribution in [3.05, 3.63) is 28.5 Å². The number of phenolic OH excluding ortho intramolecular Hbond substituents is 1. The summed E-state index contributed by atoms with van der Waals surface area (Å²) in [5.41, 5.74) is 0.833. The fourth-order valence-corrected chi connectivity index (χ4v) is 2.35. The first kappa shape index (κ1) is 11.7. The molecule has 4 heteroatoms. The molecular formula is C12H15ClFNO. The lowest BCUT2D eigenvalue weighted by molar-refractivity contribution is 0.397. The minimum Gasteiger partial charge on any atom is -0.504 e. The molecule has 1 aromatic rings. The minimum atomic E-state index is -0.640. The molecule has 0 aromatic heterocycles. The van der Waals surface area contributed by atoms with Gasteiger partial charge in [0.15, 0.2) is 11.6 Å². The molecule has 2 nitrogen and oxygen atoms in total. The lowest BCUT2D eigenvalue weighted by Gasteiger charge is -2.23. The quantitative estimate of drug-likeness (QED) is 0.837. The van der Waals surface area contributed by atoms with Gasteiger partial charge in [0.2, 0.25) is 0 Å². The molecule has 1 aromatic carbocycles. The molecule has 0 aliphatic carbocycles. The van der Waals surface area contributed by atoms with Crippen molar-refractivity contribution in [3.8, 4) is 5.75 Å². The van der Waals surface area contributed by atoms with Gasteiger partial charge in [0.25, 0.3) is 0 Å². The second-order valence-electron chi connectivity index (χ2n) is 4.26. The molecule has 2 rings (SSSR count). The van der Waals surface area contributed by atoms with E-state index in [9.17, 15) is 9.50 Å². The number of rotatable bonds is 2. The van der Waals surface area contributed by atoms with Crippen LogP contribution in [0.4, 0.5) is 4.39 Å².